The van der Waals surface area contributed by atoms with E-state index in [9.17, 15) is 32.3 Å². The molecule has 1 aromatic carbocycles. The van der Waals surface area contributed by atoms with Crippen LogP contribution in [0.2, 0.25) is 5.02 Å². The molecule has 12 heteroatoms. The van der Waals surface area contributed by atoms with Gasteiger partial charge in [-0.2, -0.15) is 13.2 Å². The van der Waals surface area contributed by atoms with Gasteiger partial charge in [0.05, 0.1) is 22.8 Å². The van der Waals surface area contributed by atoms with Crippen LogP contribution in [0.3, 0.4) is 0 Å². The van der Waals surface area contributed by atoms with Gasteiger partial charge in [0.25, 0.3) is 0 Å². The summed E-state index contributed by atoms with van der Waals surface area (Å²) < 4.78 is 60.5. The number of benzene rings is 1. The van der Waals surface area contributed by atoms with Crippen LogP contribution in [0.4, 0.5) is 17.6 Å². The number of rotatable bonds is 4. The minimum atomic E-state index is -5.20. The van der Waals surface area contributed by atoms with Crippen molar-refractivity contribution in [2.45, 2.75) is 26.9 Å². The lowest BCUT2D eigenvalue weighted by molar-refractivity contribution is -0.119. The summed E-state index contributed by atoms with van der Waals surface area (Å²) in [7, 11) is 0. The van der Waals surface area contributed by atoms with Crippen LogP contribution in [0, 0.1) is 19.7 Å². The zero-order chi connectivity index (χ0) is 24.0. The van der Waals surface area contributed by atoms with E-state index < -0.39 is 50.8 Å². The molecule has 3 rings (SSSR count). The molecule has 1 N–H and O–H groups in total. The normalized spacial score (nSPS) is 12.8. The molecule has 0 atom stereocenters. The monoisotopic (exact) mass is 490 g/mol. The van der Waals surface area contributed by atoms with Gasteiger partial charge in [-0.3, -0.25) is 4.79 Å². The van der Waals surface area contributed by atoms with E-state index in [-0.39, 0.29) is 17.1 Å². The third-order valence-corrected chi connectivity index (χ3v) is 5.87. The van der Waals surface area contributed by atoms with Crippen LogP contribution < -0.4 is 5.43 Å². The molecule has 32 heavy (non-hydrogen) atoms. The number of hydrogen-bond donors (Lipinski definition) is 1. The number of esters is 1. The van der Waals surface area contributed by atoms with E-state index in [2.05, 4.69) is 4.98 Å². The molecule has 0 saturated heterocycles. The standard InChI is InChI=1S/C20H15ClF4N2O4S/c1-4-31-19(30)11-7-27(14-6-12(21)13(22)5-10(14)16(11)28)15(17(29)20(23,24)25)18-26-8(2)9(3)32-18/h5-7,29H,4H2,1-3H3/b17-15-. The molecule has 0 radical (unpaired) electrons. The average Bonchev–Trinajstić information content (AvgIpc) is 3.02. The molecule has 0 spiro atoms. The molecule has 2 aromatic heterocycles. The molecule has 170 valence electrons. The van der Waals surface area contributed by atoms with Crippen molar-refractivity contribution in [3.63, 3.8) is 0 Å². The second-order valence-electron chi connectivity index (χ2n) is 6.60. The number of hydrogen-bond acceptors (Lipinski definition) is 6. The maximum absolute atomic E-state index is 14.1. The minimum absolute atomic E-state index is 0.118. The summed E-state index contributed by atoms with van der Waals surface area (Å²) in [5.74, 6) is -4.16. The predicted octanol–water partition coefficient (Wildman–Crippen LogP) is 5.38. The van der Waals surface area contributed by atoms with Gasteiger partial charge in [-0.25, -0.2) is 14.2 Å². The number of thiazole rings is 1. The molecule has 2 heterocycles. The maximum Gasteiger partial charge on any atom is 0.451 e. The van der Waals surface area contributed by atoms with Gasteiger partial charge in [0.1, 0.15) is 22.1 Å². The number of halogens is 5. The lowest BCUT2D eigenvalue weighted by atomic mass is 10.1. The van der Waals surface area contributed by atoms with Gasteiger partial charge < -0.3 is 14.4 Å². The Morgan fingerprint density at radius 2 is 1.97 bits per heavy atom. The van der Waals surface area contributed by atoms with E-state index in [1.807, 2.05) is 0 Å². The summed E-state index contributed by atoms with van der Waals surface area (Å²) in [6, 6.07) is 1.64. The number of aryl methyl sites for hydroxylation is 2. The summed E-state index contributed by atoms with van der Waals surface area (Å²) in [6.07, 6.45) is -4.41. The van der Waals surface area contributed by atoms with Crippen LogP contribution >= 0.6 is 22.9 Å². The number of allylic oxidation sites excluding steroid dienone is 1. The highest BCUT2D eigenvalue weighted by atomic mass is 35.5. The first-order valence-electron chi connectivity index (χ1n) is 9.03. The SMILES string of the molecule is CCOC(=O)c1cn(/C(=C(\O)C(F)(F)F)c2nc(C)c(C)s2)c2cc(Cl)c(F)cc2c1=O. The summed E-state index contributed by atoms with van der Waals surface area (Å²) in [5.41, 5.74) is -2.33. The average molecular weight is 491 g/mol. The Morgan fingerprint density at radius 1 is 1.31 bits per heavy atom. The van der Waals surface area contributed by atoms with Gasteiger partial charge in [0, 0.05) is 16.5 Å². The molecule has 0 aliphatic carbocycles. The summed E-state index contributed by atoms with van der Waals surface area (Å²) >= 11 is 6.67. The molecule has 0 fully saturated rings. The number of fused-ring (bicyclic) bond motifs is 1. The van der Waals surface area contributed by atoms with Gasteiger partial charge in [0.2, 0.25) is 11.2 Å². The Bertz CT molecular complexity index is 1310. The van der Waals surface area contributed by atoms with Gasteiger partial charge in [-0.15, -0.1) is 11.3 Å². The molecule has 0 amide bonds. The lowest BCUT2D eigenvalue weighted by Crippen LogP contribution is -2.23. The molecular weight excluding hydrogens is 476 g/mol. The van der Waals surface area contributed by atoms with Crippen LogP contribution in [0.25, 0.3) is 16.6 Å². The summed E-state index contributed by atoms with van der Waals surface area (Å²) in [5, 5.41) is 8.98. The zero-order valence-corrected chi connectivity index (χ0v) is 18.4. The van der Waals surface area contributed by atoms with Crippen molar-refractivity contribution in [2.24, 2.45) is 0 Å². The molecule has 0 unspecified atom stereocenters. The fraction of sp³-hybridized carbons (Fsp3) is 0.250. The van der Waals surface area contributed by atoms with E-state index in [1.165, 1.54) is 6.92 Å². The van der Waals surface area contributed by atoms with E-state index in [1.54, 1.807) is 13.8 Å². The largest absolute Gasteiger partial charge is 0.503 e. The third kappa shape index (κ3) is 4.22. The van der Waals surface area contributed by atoms with Crippen molar-refractivity contribution in [3.05, 3.63) is 66.3 Å². The smallest absolute Gasteiger partial charge is 0.451 e. The predicted molar refractivity (Wildman–Crippen MR) is 112 cm³/mol. The van der Waals surface area contributed by atoms with Gasteiger partial charge >= 0.3 is 12.1 Å². The molecule has 6 nitrogen and oxygen atoms in total. The van der Waals surface area contributed by atoms with Crippen LogP contribution in [-0.4, -0.2) is 33.4 Å². The highest BCUT2D eigenvalue weighted by Gasteiger charge is 2.39. The van der Waals surface area contributed by atoms with Crippen molar-refractivity contribution in [1.82, 2.24) is 9.55 Å². The Morgan fingerprint density at radius 3 is 2.50 bits per heavy atom. The van der Waals surface area contributed by atoms with Gasteiger partial charge in [-0.05, 0) is 32.9 Å². The number of carbonyl (C=O) groups excluding carboxylic acids is 1. The van der Waals surface area contributed by atoms with Crippen molar-refractivity contribution in [1.29, 1.82) is 0 Å². The molecule has 0 aliphatic heterocycles. The second-order valence-corrected chi connectivity index (χ2v) is 8.21. The fourth-order valence-electron chi connectivity index (χ4n) is 2.89. The maximum atomic E-state index is 14.1. The molecular formula is C20H15ClF4N2O4S. The van der Waals surface area contributed by atoms with E-state index in [4.69, 9.17) is 16.3 Å². The van der Waals surface area contributed by atoms with Crippen LogP contribution in [-0.2, 0) is 4.74 Å². The molecule has 3 aromatic rings. The Hall–Kier alpha value is -2.92. The second kappa shape index (κ2) is 8.55. The van der Waals surface area contributed by atoms with E-state index in [0.29, 0.717) is 16.6 Å². The number of aromatic nitrogens is 2. The van der Waals surface area contributed by atoms with Crippen LogP contribution in [0.15, 0.2) is 28.9 Å². The fourth-order valence-corrected chi connectivity index (χ4v) is 4.00. The first-order valence-corrected chi connectivity index (χ1v) is 10.2. The molecule has 0 bridgehead atoms. The van der Waals surface area contributed by atoms with Crippen molar-refractivity contribution < 1.29 is 32.2 Å². The number of aliphatic hydroxyl groups is 1. The zero-order valence-electron chi connectivity index (χ0n) is 16.8. The minimum Gasteiger partial charge on any atom is -0.503 e. The van der Waals surface area contributed by atoms with Gasteiger partial charge in [0.15, 0.2) is 0 Å². The summed E-state index contributed by atoms with van der Waals surface area (Å²) in [4.78, 5) is 29.8. The Labute approximate surface area is 187 Å². The van der Waals surface area contributed by atoms with Crippen LogP contribution in [0.1, 0.15) is 32.9 Å². The number of aliphatic hydroxyl groups excluding tert-OH is 1. The van der Waals surface area contributed by atoms with Crippen molar-refractivity contribution in [2.75, 3.05) is 6.61 Å². The highest BCUT2D eigenvalue weighted by Crippen LogP contribution is 2.36. The van der Waals surface area contributed by atoms with Gasteiger partial charge in [-0.1, -0.05) is 11.6 Å². The Balaban J connectivity index is 2.54. The van der Waals surface area contributed by atoms with E-state index >= 15 is 0 Å². The number of nitrogens with zero attached hydrogens (tertiary/aromatic N) is 2. The van der Waals surface area contributed by atoms with Crippen molar-refractivity contribution in [3.8, 4) is 0 Å². The number of pyridine rings is 1. The first kappa shape index (κ1) is 23.7. The van der Waals surface area contributed by atoms with Crippen LogP contribution in [0.5, 0.6) is 0 Å². The quantitative estimate of drug-likeness (QED) is 0.301. The third-order valence-electron chi connectivity index (χ3n) is 4.51. The first-order chi connectivity index (χ1) is 14.9. The number of ether oxygens (including phenoxy) is 1. The Kier molecular flexibility index (Phi) is 6.34. The van der Waals surface area contributed by atoms with Crippen molar-refractivity contribution >= 4 is 45.5 Å². The molecule has 0 saturated carbocycles. The molecule has 0 aliphatic rings. The van der Waals surface area contributed by atoms with E-state index in [0.717, 1.165) is 28.2 Å². The topological polar surface area (TPSA) is 81.4 Å². The number of carbonyl (C=O) groups is 1. The lowest BCUT2D eigenvalue weighted by Gasteiger charge is -2.18. The number of alkyl halides is 3. The highest BCUT2D eigenvalue weighted by molar-refractivity contribution is 7.12. The summed E-state index contributed by atoms with van der Waals surface area (Å²) in [6.45, 7) is 4.54.